The predicted molar refractivity (Wildman–Crippen MR) is 96.9 cm³/mol. The molecule has 2 N–H and O–H groups in total. The highest BCUT2D eigenvalue weighted by atomic mass is 127. The van der Waals surface area contributed by atoms with Crippen LogP contribution in [0.3, 0.4) is 0 Å². The Morgan fingerprint density at radius 3 is 3.00 bits per heavy atom. The fourth-order valence-electron chi connectivity index (χ4n) is 2.95. The van der Waals surface area contributed by atoms with Gasteiger partial charge in [0.2, 0.25) is 0 Å². The van der Waals surface area contributed by atoms with E-state index in [-0.39, 0.29) is 26.7 Å². The summed E-state index contributed by atoms with van der Waals surface area (Å²) in [6, 6.07) is 6.52. The van der Waals surface area contributed by atoms with Crippen LogP contribution < -0.4 is 5.73 Å². The first-order valence-corrected chi connectivity index (χ1v) is 9.78. The molecule has 3 nitrogen and oxygen atoms in total. The summed E-state index contributed by atoms with van der Waals surface area (Å²) in [5, 5.41) is 0. The molecule has 2 rings (SSSR count). The van der Waals surface area contributed by atoms with Crippen molar-refractivity contribution in [2.24, 2.45) is 5.73 Å². The fourth-order valence-corrected chi connectivity index (χ4v) is 3.60. The van der Waals surface area contributed by atoms with Crippen LogP contribution in [0.2, 0.25) is 0 Å². The highest BCUT2D eigenvalue weighted by Crippen LogP contribution is 2.40. The third-order valence-electron chi connectivity index (χ3n) is 4.25. The van der Waals surface area contributed by atoms with E-state index >= 15 is 0 Å². The van der Waals surface area contributed by atoms with Crippen LogP contribution in [0.5, 0.6) is 0 Å². The van der Waals surface area contributed by atoms with Gasteiger partial charge in [-0.15, -0.1) is 20.7 Å². The minimum atomic E-state index is -0.820. The summed E-state index contributed by atoms with van der Waals surface area (Å²) in [4.78, 5) is 11.8. The molecular formula is C17H22INO2. The van der Waals surface area contributed by atoms with Crippen molar-refractivity contribution in [1.82, 2.24) is 0 Å². The molecule has 2 atom stereocenters. The molecule has 114 valence electrons. The zero-order chi connectivity index (χ0) is 15.5. The average Bonchev–Trinajstić information content (AvgIpc) is 2.89. The lowest BCUT2D eigenvalue weighted by Crippen LogP contribution is -2.46. The van der Waals surface area contributed by atoms with Crippen LogP contribution in [-0.4, -0.2) is 23.1 Å². The second-order valence-electron chi connectivity index (χ2n) is 5.65. The van der Waals surface area contributed by atoms with Gasteiger partial charge in [-0.1, -0.05) is 22.7 Å². The van der Waals surface area contributed by atoms with Crippen LogP contribution in [0.4, 0.5) is 0 Å². The Morgan fingerprint density at radius 2 is 2.33 bits per heavy atom. The van der Waals surface area contributed by atoms with Gasteiger partial charge >= 0.3 is 5.97 Å². The van der Waals surface area contributed by atoms with Gasteiger partial charge in [0.1, 0.15) is 5.54 Å². The maximum absolute atomic E-state index is 11.8. The van der Waals surface area contributed by atoms with E-state index in [9.17, 15) is 4.79 Å². The molecule has 0 saturated heterocycles. The van der Waals surface area contributed by atoms with E-state index in [1.807, 2.05) is 0 Å². The Hall–Kier alpha value is -1.01. The second-order valence-corrected chi connectivity index (χ2v) is 7.25. The zero-order valence-corrected chi connectivity index (χ0v) is 14.7. The summed E-state index contributed by atoms with van der Waals surface area (Å²) in [5.74, 6) is 0.0374. The van der Waals surface area contributed by atoms with Gasteiger partial charge in [-0.25, -0.2) is 0 Å². The number of carbonyl (C=O) groups is 1. The molecule has 0 aliphatic heterocycles. The summed E-state index contributed by atoms with van der Waals surface area (Å²) in [6.07, 6.45) is 4.44. The van der Waals surface area contributed by atoms with E-state index in [1.54, 1.807) is 0 Å². The van der Waals surface area contributed by atoms with E-state index in [0.29, 0.717) is 18.8 Å². The number of aryl methyl sites for hydroxylation is 1. The maximum Gasteiger partial charge on any atom is 0.325 e. The molecule has 1 fully saturated rings. The first-order chi connectivity index (χ1) is 10.00. The van der Waals surface area contributed by atoms with E-state index in [2.05, 4.69) is 39.8 Å². The monoisotopic (exact) mass is 399 g/mol. The maximum atomic E-state index is 11.8. The second kappa shape index (κ2) is 6.83. The summed E-state index contributed by atoms with van der Waals surface area (Å²) >= 11 is -0.0908. The molecule has 1 saturated carbocycles. The number of rotatable bonds is 4. The van der Waals surface area contributed by atoms with Crippen LogP contribution in [-0.2, 0) is 9.53 Å². The smallest absolute Gasteiger partial charge is 0.325 e. The highest BCUT2D eigenvalue weighted by Gasteiger charge is 2.43. The molecule has 1 aromatic rings. The van der Waals surface area contributed by atoms with Gasteiger partial charge in [0.15, 0.2) is 0 Å². The number of ether oxygens (including phenoxy) is 1. The standard InChI is InChI=1S/C17H22INO2/c1-12-4-5-14(10-13(12)7-9-18-2)15-6-8-17(19,11-15)16(20)21-3/h4-5,7,9-10,15H,2,6,8,11,19H2,1,3H3/b9-7-. The molecule has 0 spiro atoms. The van der Waals surface area contributed by atoms with Crippen LogP contribution in [0.1, 0.15) is 41.9 Å². The van der Waals surface area contributed by atoms with Gasteiger partial charge in [0.05, 0.1) is 7.11 Å². The molecule has 1 aliphatic carbocycles. The highest BCUT2D eigenvalue weighted by molar-refractivity contribution is 14.2. The largest absolute Gasteiger partial charge is 0.468 e. The number of hydrogen-bond donors (Lipinski definition) is 1. The van der Waals surface area contributed by atoms with Crippen molar-refractivity contribution in [3.05, 3.63) is 39.0 Å². The van der Waals surface area contributed by atoms with Crippen molar-refractivity contribution < 1.29 is 9.53 Å². The van der Waals surface area contributed by atoms with Gasteiger partial charge in [-0.3, -0.25) is 4.79 Å². The van der Waals surface area contributed by atoms with E-state index in [1.165, 1.54) is 23.8 Å². The fraction of sp³-hybridized carbons (Fsp3) is 0.412. The lowest BCUT2D eigenvalue weighted by atomic mass is 9.91. The Labute approximate surface area is 136 Å². The number of methoxy groups -OCH3 is 1. The van der Waals surface area contributed by atoms with Crippen LogP contribution in [0.15, 0.2) is 22.3 Å². The summed E-state index contributed by atoms with van der Waals surface area (Å²) in [6.45, 7) is 2.11. The van der Waals surface area contributed by atoms with Crippen molar-refractivity contribution in [2.45, 2.75) is 37.6 Å². The molecule has 1 aromatic carbocycles. The predicted octanol–water partition coefficient (Wildman–Crippen LogP) is 3.51. The molecule has 0 bridgehead atoms. The van der Waals surface area contributed by atoms with Gasteiger partial charge in [0, 0.05) is 0 Å². The molecule has 2 unspecified atom stereocenters. The van der Waals surface area contributed by atoms with Gasteiger partial charge in [0.25, 0.3) is 0 Å². The number of carbonyl (C=O) groups excluding carboxylic acids is 1. The number of benzene rings is 1. The Kier molecular flexibility index (Phi) is 5.32. The normalized spacial score (nSPS) is 25.4. The lowest BCUT2D eigenvalue weighted by molar-refractivity contribution is -0.146. The van der Waals surface area contributed by atoms with Crippen molar-refractivity contribution in [3.8, 4) is 0 Å². The van der Waals surface area contributed by atoms with E-state index in [4.69, 9.17) is 10.5 Å². The molecular weight excluding hydrogens is 377 g/mol. The molecule has 0 radical (unpaired) electrons. The molecule has 0 amide bonds. The molecule has 0 heterocycles. The SMILES string of the molecule is C=I/C=C\c1cc(C2CCC(N)(C(=O)OC)C2)ccc1C. The van der Waals surface area contributed by atoms with E-state index in [0.717, 1.165) is 6.42 Å². The summed E-state index contributed by atoms with van der Waals surface area (Å²) in [5.41, 5.74) is 9.14. The van der Waals surface area contributed by atoms with Gasteiger partial charge in [-0.2, -0.15) is 0 Å². The molecule has 4 heteroatoms. The summed E-state index contributed by atoms with van der Waals surface area (Å²) in [7, 11) is 1.40. The Balaban J connectivity index is 2.22. The van der Waals surface area contributed by atoms with Crippen molar-refractivity contribution >= 4 is 37.3 Å². The first kappa shape index (κ1) is 16.4. The van der Waals surface area contributed by atoms with Crippen LogP contribution in [0.25, 0.3) is 6.08 Å². The Morgan fingerprint density at radius 1 is 1.57 bits per heavy atom. The topological polar surface area (TPSA) is 52.3 Å². The molecule has 0 aromatic heterocycles. The third-order valence-corrected chi connectivity index (χ3v) is 5.12. The number of halogens is 1. The first-order valence-electron chi connectivity index (χ1n) is 7.01. The quantitative estimate of drug-likeness (QED) is 0.623. The van der Waals surface area contributed by atoms with Crippen LogP contribution in [0, 0.1) is 6.92 Å². The summed E-state index contributed by atoms with van der Waals surface area (Å²) < 4.78 is 10.9. The lowest BCUT2D eigenvalue weighted by Gasteiger charge is -2.21. The van der Waals surface area contributed by atoms with Crippen molar-refractivity contribution in [2.75, 3.05) is 7.11 Å². The molecule has 21 heavy (non-hydrogen) atoms. The van der Waals surface area contributed by atoms with Gasteiger partial charge in [-0.05, 0) is 59.0 Å². The molecule has 1 aliphatic rings. The Bertz CT molecular complexity index is 582. The van der Waals surface area contributed by atoms with Crippen molar-refractivity contribution in [3.63, 3.8) is 0 Å². The third kappa shape index (κ3) is 3.61. The number of esters is 1. The zero-order valence-electron chi connectivity index (χ0n) is 12.6. The van der Waals surface area contributed by atoms with Gasteiger partial charge < -0.3 is 10.5 Å². The number of hydrogen-bond acceptors (Lipinski definition) is 3. The minimum absolute atomic E-state index is 0.0908. The van der Waals surface area contributed by atoms with Crippen molar-refractivity contribution in [1.29, 1.82) is 0 Å². The average molecular weight is 399 g/mol. The number of nitrogens with two attached hydrogens (primary N) is 1. The minimum Gasteiger partial charge on any atom is -0.468 e. The van der Waals surface area contributed by atoms with E-state index < -0.39 is 5.54 Å². The van der Waals surface area contributed by atoms with Crippen LogP contribution >= 0.6 is 20.7 Å².